The highest BCUT2D eigenvalue weighted by atomic mass is 16.4. The molecule has 12 heteroatoms. The van der Waals surface area contributed by atoms with Crippen LogP contribution in [-0.4, -0.2) is 23.9 Å². The molecule has 16 rings (SSSR count). The molecule has 0 atom stereocenters. The smallest absolute Gasteiger partial charge is 0.148 e. The second-order valence-corrected chi connectivity index (χ2v) is 28.5. The van der Waals surface area contributed by atoms with E-state index in [9.17, 15) is 39.6 Å². The number of hydrogen-bond acceptors (Lipinski definition) is 8. The van der Waals surface area contributed by atoms with Crippen molar-refractivity contribution in [3.05, 3.63) is 485 Å². The summed E-state index contributed by atoms with van der Waals surface area (Å²) in [5.74, 6) is -3.84. The van der Waals surface area contributed by atoms with Gasteiger partial charge in [-0.2, -0.15) is 17.9 Å². The molecular formula is C112H108N4O8. The van der Waals surface area contributed by atoms with Crippen molar-refractivity contribution >= 4 is 115 Å². The SMILES string of the molecule is CCCC(=O)[O-].CCCC(=O)[O-].CCCC(=O)[O-].CCCC(=O)[O-].c1ccc([N+](c2ccccc2)(c2ccccc2)c2ccccc2)cc1.c1ccc([N+](c2ccccc2)(c2ccccc2)c2ccccc2)cc1.c1ccc([N+](c2ccccc2)(c2ccccc2)c2ccccc2)cc1.c1ccc([N+](c2ccccc2)(c2ccccc2)c2ccccc2)cc1. The van der Waals surface area contributed by atoms with Crippen LogP contribution < -0.4 is 38.4 Å². The van der Waals surface area contributed by atoms with E-state index in [4.69, 9.17) is 0 Å². The molecule has 0 unspecified atom stereocenters. The fourth-order valence-corrected chi connectivity index (χ4v) is 14.8. The van der Waals surface area contributed by atoms with Crippen molar-refractivity contribution in [1.29, 1.82) is 0 Å². The Morgan fingerprint density at radius 3 is 0.250 bits per heavy atom. The molecule has 0 heterocycles. The van der Waals surface area contributed by atoms with Crippen LogP contribution in [0, 0.1) is 0 Å². The average molecular weight is 1640 g/mol. The van der Waals surface area contributed by atoms with Gasteiger partial charge in [-0.3, -0.25) is 0 Å². The summed E-state index contributed by atoms with van der Waals surface area (Å²) < 4.78 is 2.24. The molecule has 0 bridgehead atoms. The van der Waals surface area contributed by atoms with Crippen LogP contribution in [0.2, 0.25) is 0 Å². The molecule has 0 aliphatic carbocycles. The summed E-state index contributed by atoms with van der Waals surface area (Å²) in [4.78, 5) is 38.0. The normalized spacial score (nSPS) is 10.6. The standard InChI is InChI=1S/4C24H20N.4C4H8O2/c4*1-5-13-21(14-6-1)25(22-15-7-2-8-16-22,23-17-9-3-10-18-23)24-19-11-4-12-20-24;4*1-2-3-4(5)6/h4*1-20H;4*2-3H2,1H3,(H,5,6)/q4*+1;;;;/p-4. The van der Waals surface area contributed by atoms with Gasteiger partial charge in [0.25, 0.3) is 0 Å². The molecule has 12 nitrogen and oxygen atoms in total. The number of benzene rings is 16. The number of para-hydroxylation sites is 16. The van der Waals surface area contributed by atoms with Gasteiger partial charge in [-0.05, 0) is 25.7 Å². The Kier molecular flexibility index (Phi) is 37.8. The van der Waals surface area contributed by atoms with Crippen molar-refractivity contribution < 1.29 is 39.6 Å². The zero-order valence-electron chi connectivity index (χ0n) is 70.9. The molecule has 0 saturated carbocycles. The van der Waals surface area contributed by atoms with Crippen molar-refractivity contribution in [3.63, 3.8) is 0 Å². The van der Waals surface area contributed by atoms with E-state index in [-0.39, 0.29) is 25.7 Å². The minimum atomic E-state index is -0.961. The molecule has 16 aromatic carbocycles. The Labute approximate surface area is 732 Å². The van der Waals surface area contributed by atoms with Crippen molar-refractivity contribution in [2.75, 3.05) is 0 Å². The second-order valence-electron chi connectivity index (χ2n) is 28.5. The fraction of sp³-hybridized carbons (Fsp3) is 0.107. The Morgan fingerprint density at radius 1 is 0.145 bits per heavy atom. The zero-order chi connectivity index (χ0) is 87.8. The first-order valence-corrected chi connectivity index (χ1v) is 42.0. The summed E-state index contributed by atoms with van der Waals surface area (Å²) in [6, 6.07) is 171. The van der Waals surface area contributed by atoms with E-state index >= 15 is 0 Å². The minimum absolute atomic E-state index is 0.181. The van der Waals surface area contributed by atoms with Gasteiger partial charge in [-0.15, -0.1) is 0 Å². The summed E-state index contributed by atoms with van der Waals surface area (Å²) in [5, 5.41) is 38.0. The van der Waals surface area contributed by atoms with Gasteiger partial charge in [-0.1, -0.05) is 345 Å². The van der Waals surface area contributed by atoms with Gasteiger partial charge in [0, 0.05) is 218 Å². The van der Waals surface area contributed by atoms with Gasteiger partial charge in [0.1, 0.15) is 91.0 Å². The lowest BCUT2D eigenvalue weighted by atomic mass is 10.1. The maximum absolute atomic E-state index is 9.49. The van der Waals surface area contributed by atoms with E-state index in [1.807, 2.05) is 0 Å². The minimum Gasteiger partial charge on any atom is -0.550 e. The second kappa shape index (κ2) is 50.3. The average Bonchev–Trinajstić information content (AvgIpc) is 0.757. The first-order valence-electron chi connectivity index (χ1n) is 42.0. The molecule has 0 amide bonds. The van der Waals surface area contributed by atoms with Gasteiger partial charge in [0.2, 0.25) is 0 Å². The van der Waals surface area contributed by atoms with Crippen molar-refractivity contribution in [1.82, 2.24) is 17.9 Å². The number of carbonyl (C=O) groups is 4. The summed E-state index contributed by atoms with van der Waals surface area (Å²) in [6.45, 7) is 7.21. The van der Waals surface area contributed by atoms with Crippen molar-refractivity contribution in [2.24, 2.45) is 0 Å². The highest BCUT2D eigenvalue weighted by Crippen LogP contribution is 2.55. The summed E-state index contributed by atoms with van der Waals surface area (Å²) >= 11 is 0. The van der Waals surface area contributed by atoms with Gasteiger partial charge in [0.15, 0.2) is 0 Å². The van der Waals surface area contributed by atoms with E-state index in [1.165, 1.54) is 91.0 Å². The predicted molar refractivity (Wildman–Crippen MR) is 506 cm³/mol. The number of quaternary nitrogens is 4. The van der Waals surface area contributed by atoms with E-state index in [2.05, 4.69) is 485 Å². The first kappa shape index (κ1) is 93.1. The largest absolute Gasteiger partial charge is 0.550 e. The van der Waals surface area contributed by atoms with Crippen LogP contribution in [0.5, 0.6) is 0 Å². The summed E-state index contributed by atoms with van der Waals surface area (Å²) in [7, 11) is 0. The number of aliphatic carboxylic acids is 4. The maximum atomic E-state index is 9.49. The third-order valence-corrected chi connectivity index (χ3v) is 20.1. The Morgan fingerprint density at radius 2 is 0.210 bits per heavy atom. The van der Waals surface area contributed by atoms with Crippen LogP contribution in [0.3, 0.4) is 0 Å². The highest BCUT2D eigenvalue weighted by Gasteiger charge is 2.43. The van der Waals surface area contributed by atoms with Crippen LogP contribution in [0.25, 0.3) is 0 Å². The quantitative estimate of drug-likeness (QED) is 0.0540. The highest BCUT2D eigenvalue weighted by molar-refractivity contribution is 5.86. The Hall–Kier alpha value is -14.8. The van der Waals surface area contributed by atoms with Gasteiger partial charge >= 0.3 is 0 Å². The molecule has 0 aliphatic heterocycles. The summed E-state index contributed by atoms with van der Waals surface area (Å²) in [5.41, 5.74) is 19.4. The van der Waals surface area contributed by atoms with E-state index in [0.717, 1.165) is 0 Å². The van der Waals surface area contributed by atoms with E-state index in [1.54, 1.807) is 27.7 Å². The third-order valence-electron chi connectivity index (χ3n) is 20.1. The monoisotopic (exact) mass is 1640 g/mol. The molecule has 16 aromatic rings. The van der Waals surface area contributed by atoms with Crippen LogP contribution in [-0.2, 0) is 19.2 Å². The molecule has 0 aliphatic rings. The zero-order valence-corrected chi connectivity index (χ0v) is 70.9. The number of rotatable bonds is 24. The number of hydrogen-bond donors (Lipinski definition) is 0. The lowest BCUT2D eigenvalue weighted by Crippen LogP contribution is -2.33. The Balaban J connectivity index is 0.000000172. The van der Waals surface area contributed by atoms with Crippen LogP contribution in [0.4, 0.5) is 91.0 Å². The van der Waals surface area contributed by atoms with Crippen molar-refractivity contribution in [3.8, 4) is 0 Å². The van der Waals surface area contributed by atoms with Crippen LogP contribution in [0.15, 0.2) is 485 Å². The molecule has 0 aromatic heterocycles. The number of carbonyl (C=O) groups excluding carboxylic acids is 4. The fourth-order valence-electron chi connectivity index (χ4n) is 14.8. The molecule has 624 valence electrons. The van der Waals surface area contributed by atoms with Crippen molar-refractivity contribution in [2.45, 2.75) is 79.1 Å². The summed E-state index contributed by atoms with van der Waals surface area (Å²) in [6.07, 6.45) is 3.40. The number of nitrogens with zero attached hydrogens (tertiary/aromatic N) is 4. The molecule has 0 fully saturated rings. The molecule has 0 saturated heterocycles. The van der Waals surface area contributed by atoms with Crippen LogP contribution >= 0.6 is 0 Å². The van der Waals surface area contributed by atoms with Crippen LogP contribution in [0.1, 0.15) is 79.1 Å². The topological polar surface area (TPSA) is 161 Å². The van der Waals surface area contributed by atoms with E-state index < -0.39 is 23.9 Å². The van der Waals surface area contributed by atoms with Gasteiger partial charge in [-0.25, -0.2) is 0 Å². The number of carboxylic acids is 4. The lowest BCUT2D eigenvalue weighted by Gasteiger charge is -2.37. The third kappa shape index (κ3) is 24.7. The van der Waals surface area contributed by atoms with E-state index in [0.29, 0.717) is 43.6 Å². The Bertz CT molecular complexity index is 4250. The maximum Gasteiger partial charge on any atom is 0.148 e. The molecule has 0 N–H and O–H groups in total. The van der Waals surface area contributed by atoms with Gasteiger partial charge < -0.3 is 39.6 Å². The first-order chi connectivity index (χ1) is 60.8. The molecule has 0 spiro atoms. The predicted octanol–water partition coefficient (Wildman–Crippen LogP) is 26.1. The molecule has 124 heavy (non-hydrogen) atoms. The molecule has 0 radical (unpaired) electrons. The van der Waals surface area contributed by atoms with Gasteiger partial charge in [0.05, 0.1) is 0 Å². The number of carboxylic acid groups (broad SMARTS) is 4. The molecular weight excluding hydrogens is 1530 g/mol. The lowest BCUT2D eigenvalue weighted by molar-refractivity contribution is -0.307.